The van der Waals surface area contributed by atoms with Gasteiger partial charge in [0.1, 0.15) is 0 Å². The Balaban J connectivity index is 1.73. The maximum Gasteiger partial charge on any atom is 0.0714 e. The minimum Gasteiger partial charge on any atom is -0.252 e. The van der Waals surface area contributed by atoms with Crippen molar-refractivity contribution < 1.29 is 0 Å². The Bertz CT molecular complexity index is 1310. The summed E-state index contributed by atoms with van der Waals surface area (Å²) in [4.78, 5) is 5.10. The number of allylic oxidation sites excluding steroid dienone is 2. The number of benzene rings is 4. The van der Waals surface area contributed by atoms with Gasteiger partial charge in [0, 0.05) is 11.3 Å². The van der Waals surface area contributed by atoms with Crippen LogP contribution in [-0.4, -0.2) is 5.71 Å². The lowest BCUT2D eigenvalue weighted by atomic mass is 9.90. The van der Waals surface area contributed by atoms with E-state index in [0.717, 1.165) is 52.1 Å². The summed E-state index contributed by atoms with van der Waals surface area (Å²) in [5.41, 5.74) is 11.2. The van der Waals surface area contributed by atoms with Gasteiger partial charge >= 0.3 is 0 Å². The van der Waals surface area contributed by atoms with Gasteiger partial charge in [0.2, 0.25) is 0 Å². The van der Waals surface area contributed by atoms with Crippen molar-refractivity contribution in [3.8, 4) is 11.1 Å². The van der Waals surface area contributed by atoms with E-state index in [0.29, 0.717) is 0 Å². The van der Waals surface area contributed by atoms with E-state index >= 15 is 0 Å². The van der Waals surface area contributed by atoms with Crippen molar-refractivity contribution in [2.45, 2.75) is 26.7 Å². The van der Waals surface area contributed by atoms with Crippen LogP contribution in [0.2, 0.25) is 0 Å². The monoisotopic (exact) mass is 441 g/mol. The van der Waals surface area contributed by atoms with Gasteiger partial charge in [-0.25, -0.2) is 0 Å². The van der Waals surface area contributed by atoms with Crippen molar-refractivity contribution in [3.05, 3.63) is 139 Å². The number of aliphatic imine (C=N–C) groups is 1. The SMILES string of the molecule is C=C(C)c1ccc(C(C)=Nc2cccc(-c3ccccc3)c2C(=C)CCc2ccccc2)cc1. The van der Waals surface area contributed by atoms with Crippen molar-refractivity contribution in [3.63, 3.8) is 0 Å². The predicted octanol–water partition coefficient (Wildman–Crippen LogP) is 9.17. The first-order valence-electron chi connectivity index (χ1n) is 11.7. The van der Waals surface area contributed by atoms with Gasteiger partial charge in [-0.05, 0) is 66.1 Å². The average molecular weight is 442 g/mol. The van der Waals surface area contributed by atoms with Crippen LogP contribution in [0.1, 0.15) is 42.5 Å². The second kappa shape index (κ2) is 10.8. The Morgan fingerprint density at radius 1 is 0.676 bits per heavy atom. The Kier molecular flexibility index (Phi) is 7.34. The van der Waals surface area contributed by atoms with Gasteiger partial charge in [-0.3, -0.25) is 4.99 Å². The first kappa shape index (κ1) is 23.2. The lowest BCUT2D eigenvalue weighted by Gasteiger charge is -2.16. The highest BCUT2D eigenvalue weighted by atomic mass is 14.7. The molecule has 0 aliphatic rings. The molecule has 0 aliphatic carbocycles. The van der Waals surface area contributed by atoms with Gasteiger partial charge in [-0.1, -0.05) is 116 Å². The summed E-state index contributed by atoms with van der Waals surface area (Å²) >= 11 is 0. The molecule has 0 amide bonds. The number of nitrogens with zero attached hydrogens (tertiary/aromatic N) is 1. The summed E-state index contributed by atoms with van der Waals surface area (Å²) in [6.45, 7) is 12.7. The van der Waals surface area contributed by atoms with Crippen LogP contribution in [-0.2, 0) is 6.42 Å². The first-order chi connectivity index (χ1) is 16.5. The van der Waals surface area contributed by atoms with E-state index in [1.54, 1.807) is 0 Å². The molecule has 0 unspecified atom stereocenters. The average Bonchev–Trinajstić information content (AvgIpc) is 2.88. The maximum atomic E-state index is 5.10. The molecule has 0 saturated heterocycles. The minimum atomic E-state index is 0.878. The van der Waals surface area contributed by atoms with Crippen LogP contribution in [0.4, 0.5) is 5.69 Å². The summed E-state index contributed by atoms with van der Waals surface area (Å²) in [6, 6.07) is 35.9. The molecule has 0 aromatic heterocycles. The van der Waals surface area contributed by atoms with Crippen LogP contribution in [0, 0.1) is 0 Å². The van der Waals surface area contributed by atoms with Crippen molar-refractivity contribution in [1.82, 2.24) is 0 Å². The molecule has 4 aromatic rings. The van der Waals surface area contributed by atoms with Crippen molar-refractivity contribution in [2.24, 2.45) is 4.99 Å². The van der Waals surface area contributed by atoms with Crippen molar-refractivity contribution >= 4 is 22.5 Å². The molecule has 0 bridgehead atoms. The van der Waals surface area contributed by atoms with Crippen LogP contribution in [0.25, 0.3) is 22.3 Å². The third-order valence-electron chi connectivity index (χ3n) is 6.12. The molecule has 1 heteroatoms. The number of rotatable bonds is 8. The fourth-order valence-corrected chi connectivity index (χ4v) is 4.17. The Labute approximate surface area is 203 Å². The topological polar surface area (TPSA) is 12.4 Å². The van der Waals surface area contributed by atoms with Crippen LogP contribution < -0.4 is 0 Å². The molecule has 0 fully saturated rings. The highest BCUT2D eigenvalue weighted by Gasteiger charge is 2.14. The largest absolute Gasteiger partial charge is 0.252 e. The number of aryl methyl sites for hydroxylation is 1. The molecule has 168 valence electrons. The molecule has 34 heavy (non-hydrogen) atoms. The van der Waals surface area contributed by atoms with E-state index in [1.165, 1.54) is 16.7 Å². The molecule has 0 heterocycles. The summed E-state index contributed by atoms with van der Waals surface area (Å²) in [7, 11) is 0. The molecule has 0 saturated carbocycles. The van der Waals surface area contributed by atoms with E-state index in [1.807, 2.05) is 13.0 Å². The lowest BCUT2D eigenvalue weighted by molar-refractivity contribution is 1.02. The fraction of sp³-hybridized carbons (Fsp3) is 0.121. The van der Waals surface area contributed by atoms with Gasteiger partial charge in [0.15, 0.2) is 0 Å². The molecular formula is C33H31N. The first-order valence-corrected chi connectivity index (χ1v) is 11.7. The smallest absolute Gasteiger partial charge is 0.0714 e. The second-order valence-corrected chi connectivity index (χ2v) is 8.71. The zero-order chi connectivity index (χ0) is 23.9. The van der Waals surface area contributed by atoms with E-state index in [-0.39, 0.29) is 0 Å². The molecule has 0 aliphatic heterocycles. The molecule has 0 atom stereocenters. The Morgan fingerprint density at radius 3 is 1.94 bits per heavy atom. The molecule has 1 nitrogen and oxygen atoms in total. The van der Waals surface area contributed by atoms with Crippen molar-refractivity contribution in [2.75, 3.05) is 0 Å². The predicted molar refractivity (Wildman–Crippen MR) is 149 cm³/mol. The standard InChI is InChI=1S/C33H31N/c1-24(2)28-20-22-29(23-21-28)26(4)34-32-17-11-16-31(30-14-9-6-10-15-30)33(32)25(3)18-19-27-12-7-5-8-13-27/h5-17,20-23H,1,3,18-19H2,2,4H3. The maximum absolute atomic E-state index is 5.10. The Morgan fingerprint density at radius 2 is 1.29 bits per heavy atom. The summed E-state index contributed by atoms with van der Waals surface area (Å²) in [5.74, 6) is 0. The lowest BCUT2D eigenvalue weighted by Crippen LogP contribution is -1.97. The highest BCUT2D eigenvalue weighted by molar-refractivity contribution is 6.01. The summed E-state index contributed by atoms with van der Waals surface area (Å²) < 4.78 is 0. The van der Waals surface area contributed by atoms with Gasteiger partial charge in [0.05, 0.1) is 5.69 Å². The zero-order valence-electron chi connectivity index (χ0n) is 20.1. The van der Waals surface area contributed by atoms with E-state index < -0.39 is 0 Å². The van der Waals surface area contributed by atoms with Crippen molar-refractivity contribution in [1.29, 1.82) is 0 Å². The van der Waals surface area contributed by atoms with E-state index in [4.69, 9.17) is 4.99 Å². The van der Waals surface area contributed by atoms with E-state index in [9.17, 15) is 0 Å². The number of hydrogen-bond donors (Lipinski definition) is 0. The second-order valence-electron chi connectivity index (χ2n) is 8.71. The molecule has 0 spiro atoms. The van der Waals surface area contributed by atoms with Gasteiger partial charge in [-0.15, -0.1) is 0 Å². The minimum absolute atomic E-state index is 0.878. The van der Waals surface area contributed by atoms with Gasteiger partial charge < -0.3 is 0 Å². The normalized spacial score (nSPS) is 11.3. The molecule has 0 radical (unpaired) electrons. The third kappa shape index (κ3) is 5.50. The van der Waals surface area contributed by atoms with Crippen LogP contribution in [0.15, 0.2) is 121 Å². The van der Waals surface area contributed by atoms with Crippen LogP contribution in [0.5, 0.6) is 0 Å². The molecule has 0 N–H and O–H groups in total. The van der Waals surface area contributed by atoms with Gasteiger partial charge in [0.25, 0.3) is 0 Å². The number of hydrogen-bond acceptors (Lipinski definition) is 1. The van der Waals surface area contributed by atoms with Crippen LogP contribution >= 0.6 is 0 Å². The van der Waals surface area contributed by atoms with Gasteiger partial charge in [-0.2, -0.15) is 0 Å². The fourth-order valence-electron chi connectivity index (χ4n) is 4.17. The zero-order valence-corrected chi connectivity index (χ0v) is 20.1. The quantitative estimate of drug-likeness (QED) is 0.242. The summed E-state index contributed by atoms with van der Waals surface area (Å²) in [5, 5.41) is 0. The van der Waals surface area contributed by atoms with Crippen LogP contribution in [0.3, 0.4) is 0 Å². The Hall–Kier alpha value is -3.97. The molecule has 4 aromatic carbocycles. The van der Waals surface area contributed by atoms with E-state index in [2.05, 4.69) is 117 Å². The third-order valence-corrected chi connectivity index (χ3v) is 6.12. The summed E-state index contributed by atoms with van der Waals surface area (Å²) in [6.07, 6.45) is 1.83. The molecule has 4 rings (SSSR count). The highest BCUT2D eigenvalue weighted by Crippen LogP contribution is 2.37. The molecular weight excluding hydrogens is 410 g/mol.